The van der Waals surface area contributed by atoms with Gasteiger partial charge in [-0.25, -0.2) is 0 Å². The van der Waals surface area contributed by atoms with Crippen LogP contribution in [-0.4, -0.2) is 57.3 Å². The zero-order valence-electron chi connectivity index (χ0n) is 17.0. The van der Waals surface area contributed by atoms with Gasteiger partial charge in [0.2, 0.25) is 0 Å². The first kappa shape index (κ1) is 21.4. The highest BCUT2D eigenvalue weighted by Gasteiger charge is 2.07. The van der Waals surface area contributed by atoms with Gasteiger partial charge in [-0.2, -0.15) is 0 Å². The minimum absolute atomic E-state index is 0.611. The van der Waals surface area contributed by atoms with Crippen molar-refractivity contribution >= 4 is 0 Å². The Kier molecular flexibility index (Phi) is 10.9. The van der Waals surface area contributed by atoms with Gasteiger partial charge in [-0.15, -0.1) is 0 Å². The van der Waals surface area contributed by atoms with Gasteiger partial charge < -0.3 is 16.0 Å². The molecule has 0 saturated carbocycles. The summed E-state index contributed by atoms with van der Waals surface area (Å²) in [6, 6.07) is 9.23. The molecule has 1 heterocycles. The van der Waals surface area contributed by atoms with Crippen LogP contribution in [0, 0.1) is 0 Å². The van der Waals surface area contributed by atoms with Gasteiger partial charge in [0.05, 0.1) is 0 Å². The molecule has 1 saturated heterocycles. The van der Waals surface area contributed by atoms with E-state index in [1.807, 2.05) is 0 Å². The second-order valence-electron chi connectivity index (χ2n) is 7.84. The van der Waals surface area contributed by atoms with Gasteiger partial charge in [0.1, 0.15) is 0 Å². The fraction of sp³-hybridized carbons (Fsp3) is 0.727. The van der Waals surface area contributed by atoms with E-state index in [-0.39, 0.29) is 0 Å². The molecule has 0 radical (unpaired) electrons. The maximum Gasteiger partial charge on any atom is 0.0233 e. The summed E-state index contributed by atoms with van der Waals surface area (Å²) < 4.78 is 0. The molecule has 4 nitrogen and oxygen atoms in total. The average Bonchev–Trinajstić information content (AvgIpc) is 2.64. The first-order valence-electron chi connectivity index (χ1n) is 10.7. The first-order valence-corrected chi connectivity index (χ1v) is 10.7. The van der Waals surface area contributed by atoms with Crippen LogP contribution in [0.2, 0.25) is 0 Å². The summed E-state index contributed by atoms with van der Waals surface area (Å²) >= 11 is 0. The van der Waals surface area contributed by atoms with E-state index in [4.69, 9.17) is 0 Å². The zero-order chi connectivity index (χ0) is 18.5. The van der Waals surface area contributed by atoms with Crippen LogP contribution >= 0.6 is 0 Å². The molecular formula is C22H40N4. The third kappa shape index (κ3) is 9.13. The zero-order valence-corrected chi connectivity index (χ0v) is 17.0. The van der Waals surface area contributed by atoms with Crippen molar-refractivity contribution in [3.8, 4) is 0 Å². The van der Waals surface area contributed by atoms with Gasteiger partial charge in [-0.3, -0.25) is 4.90 Å². The van der Waals surface area contributed by atoms with E-state index in [0.29, 0.717) is 5.92 Å². The monoisotopic (exact) mass is 360 g/mol. The molecule has 1 aliphatic rings. The van der Waals surface area contributed by atoms with Crippen LogP contribution < -0.4 is 16.0 Å². The van der Waals surface area contributed by atoms with E-state index in [1.165, 1.54) is 49.9 Å². The molecule has 0 aromatic heterocycles. The van der Waals surface area contributed by atoms with E-state index < -0.39 is 0 Å². The molecular weight excluding hydrogens is 320 g/mol. The number of hydrogen-bond donors (Lipinski definition) is 3. The molecule has 148 valence electrons. The Morgan fingerprint density at radius 1 is 0.731 bits per heavy atom. The SMILES string of the molecule is CC(C)c1ccc(CN2CCCNCCCNCCCNCCC2)cc1. The Hall–Kier alpha value is -0.940. The van der Waals surface area contributed by atoms with Crippen LogP contribution in [0.5, 0.6) is 0 Å². The van der Waals surface area contributed by atoms with Crippen molar-refractivity contribution < 1.29 is 0 Å². The standard InChI is InChI=1S/C22H40N4/c1-20(2)22-9-7-21(8-10-22)19-26-17-5-15-24-13-3-11-23-12-4-14-25-16-6-18-26/h7-10,20,23-25H,3-6,11-19H2,1-2H3. The smallest absolute Gasteiger partial charge is 0.0233 e. The molecule has 0 amide bonds. The van der Waals surface area contributed by atoms with Gasteiger partial charge in [-0.05, 0) is 95.1 Å². The van der Waals surface area contributed by atoms with Crippen molar-refractivity contribution in [2.45, 2.75) is 52.0 Å². The highest BCUT2D eigenvalue weighted by atomic mass is 15.1. The van der Waals surface area contributed by atoms with Crippen molar-refractivity contribution in [3.05, 3.63) is 35.4 Å². The molecule has 0 unspecified atom stereocenters. The maximum atomic E-state index is 3.59. The molecule has 1 aromatic carbocycles. The second-order valence-corrected chi connectivity index (χ2v) is 7.84. The fourth-order valence-corrected chi connectivity index (χ4v) is 3.44. The summed E-state index contributed by atoms with van der Waals surface area (Å²) in [4.78, 5) is 2.63. The molecule has 2 rings (SSSR count). The number of nitrogens with zero attached hydrogens (tertiary/aromatic N) is 1. The van der Waals surface area contributed by atoms with Crippen molar-refractivity contribution in [2.24, 2.45) is 0 Å². The van der Waals surface area contributed by atoms with Gasteiger partial charge in [0.15, 0.2) is 0 Å². The Bertz CT molecular complexity index is 442. The van der Waals surface area contributed by atoms with Crippen LogP contribution in [0.3, 0.4) is 0 Å². The third-order valence-corrected chi connectivity index (χ3v) is 5.12. The molecule has 26 heavy (non-hydrogen) atoms. The summed E-state index contributed by atoms with van der Waals surface area (Å²) in [5.74, 6) is 0.611. The Balaban J connectivity index is 1.81. The third-order valence-electron chi connectivity index (χ3n) is 5.12. The molecule has 0 aliphatic carbocycles. The van der Waals surface area contributed by atoms with Crippen LogP contribution in [0.15, 0.2) is 24.3 Å². The van der Waals surface area contributed by atoms with Gasteiger partial charge >= 0.3 is 0 Å². The van der Waals surface area contributed by atoms with Crippen LogP contribution in [-0.2, 0) is 6.54 Å². The van der Waals surface area contributed by atoms with Crippen LogP contribution in [0.25, 0.3) is 0 Å². The largest absolute Gasteiger partial charge is 0.317 e. The second kappa shape index (κ2) is 13.3. The molecule has 0 spiro atoms. The number of hydrogen-bond acceptors (Lipinski definition) is 4. The van der Waals surface area contributed by atoms with Crippen LogP contribution in [0.1, 0.15) is 56.6 Å². The lowest BCUT2D eigenvalue weighted by Gasteiger charge is -2.23. The predicted molar refractivity (Wildman–Crippen MR) is 113 cm³/mol. The Morgan fingerprint density at radius 2 is 1.19 bits per heavy atom. The van der Waals surface area contributed by atoms with E-state index in [1.54, 1.807) is 0 Å². The van der Waals surface area contributed by atoms with Gasteiger partial charge in [0.25, 0.3) is 0 Å². The number of rotatable bonds is 3. The summed E-state index contributed by atoms with van der Waals surface area (Å²) in [6.07, 6.45) is 4.90. The van der Waals surface area contributed by atoms with Crippen molar-refractivity contribution in [3.63, 3.8) is 0 Å². The molecule has 0 bridgehead atoms. The first-order chi connectivity index (χ1) is 12.8. The topological polar surface area (TPSA) is 39.3 Å². The van der Waals surface area contributed by atoms with Crippen LogP contribution in [0.4, 0.5) is 0 Å². The predicted octanol–water partition coefficient (Wildman–Crippen LogP) is 2.95. The molecule has 1 fully saturated rings. The lowest BCUT2D eigenvalue weighted by molar-refractivity contribution is 0.256. The fourth-order valence-electron chi connectivity index (χ4n) is 3.44. The normalized spacial score (nSPS) is 20.3. The maximum absolute atomic E-state index is 3.59. The highest BCUT2D eigenvalue weighted by Crippen LogP contribution is 2.15. The Morgan fingerprint density at radius 3 is 1.65 bits per heavy atom. The number of nitrogens with one attached hydrogen (secondary N) is 3. The molecule has 1 aromatic rings. The Labute approximate surface area is 161 Å². The van der Waals surface area contributed by atoms with E-state index in [9.17, 15) is 0 Å². The van der Waals surface area contributed by atoms with E-state index in [0.717, 1.165) is 45.8 Å². The highest BCUT2D eigenvalue weighted by molar-refractivity contribution is 5.24. The molecule has 1 aliphatic heterocycles. The quantitative estimate of drug-likeness (QED) is 0.775. The average molecular weight is 361 g/mol. The molecule has 0 atom stereocenters. The van der Waals surface area contributed by atoms with Crippen molar-refractivity contribution in [2.75, 3.05) is 52.4 Å². The lowest BCUT2D eigenvalue weighted by atomic mass is 10.0. The van der Waals surface area contributed by atoms with Crippen molar-refractivity contribution in [1.82, 2.24) is 20.9 Å². The lowest BCUT2D eigenvalue weighted by Crippen LogP contribution is -2.32. The van der Waals surface area contributed by atoms with E-state index >= 15 is 0 Å². The summed E-state index contributed by atoms with van der Waals surface area (Å²) in [5, 5.41) is 10.7. The molecule has 4 heteroatoms. The van der Waals surface area contributed by atoms with Crippen molar-refractivity contribution in [1.29, 1.82) is 0 Å². The summed E-state index contributed by atoms with van der Waals surface area (Å²) in [5.41, 5.74) is 2.88. The van der Waals surface area contributed by atoms with Gasteiger partial charge in [-0.1, -0.05) is 38.1 Å². The molecule has 3 N–H and O–H groups in total. The minimum Gasteiger partial charge on any atom is -0.317 e. The van der Waals surface area contributed by atoms with Gasteiger partial charge in [0, 0.05) is 6.54 Å². The number of benzene rings is 1. The summed E-state index contributed by atoms with van der Waals surface area (Å²) in [7, 11) is 0. The minimum atomic E-state index is 0.611. The summed E-state index contributed by atoms with van der Waals surface area (Å²) in [6.45, 7) is 14.7. The van der Waals surface area contributed by atoms with E-state index in [2.05, 4.69) is 59.0 Å².